The summed E-state index contributed by atoms with van der Waals surface area (Å²) in [4.78, 5) is 2.06. The van der Waals surface area contributed by atoms with Crippen molar-refractivity contribution in [2.24, 2.45) is 0 Å². The van der Waals surface area contributed by atoms with Crippen LogP contribution < -0.4 is 10.2 Å². The van der Waals surface area contributed by atoms with E-state index in [4.69, 9.17) is 0 Å². The van der Waals surface area contributed by atoms with E-state index in [0.717, 1.165) is 12.8 Å². The molecule has 1 N–H and O–H groups in total. The van der Waals surface area contributed by atoms with Crippen molar-refractivity contribution < 1.29 is 8.42 Å². The lowest BCUT2D eigenvalue weighted by Gasteiger charge is -2.19. The fourth-order valence-electron chi connectivity index (χ4n) is 2.57. The molecule has 0 aromatic heterocycles. The van der Waals surface area contributed by atoms with Crippen LogP contribution in [0.2, 0.25) is 0 Å². The van der Waals surface area contributed by atoms with E-state index in [1.807, 2.05) is 14.1 Å². The molecule has 4 nitrogen and oxygen atoms in total. The maximum atomic E-state index is 11.8. The minimum absolute atomic E-state index is 0.169. The van der Waals surface area contributed by atoms with E-state index in [9.17, 15) is 8.42 Å². The number of hydrogen-bond donors (Lipinski definition) is 1. The Balaban J connectivity index is 1.93. The lowest BCUT2D eigenvalue weighted by atomic mass is 10.1. The highest BCUT2D eigenvalue weighted by molar-refractivity contribution is 7.92. The summed E-state index contributed by atoms with van der Waals surface area (Å²) in [6.07, 6.45) is 1.60. The minimum Gasteiger partial charge on any atom is -0.378 e. The Morgan fingerprint density at radius 2 is 1.95 bits per heavy atom. The van der Waals surface area contributed by atoms with Crippen molar-refractivity contribution in [2.45, 2.75) is 31.1 Å². The SMILES string of the molecule is CC(NCC1CCCS1(=O)=O)c1ccc(N(C)C)cc1. The summed E-state index contributed by atoms with van der Waals surface area (Å²) in [5, 5.41) is 3.15. The first kappa shape index (κ1) is 15.3. The minimum atomic E-state index is -2.85. The zero-order chi connectivity index (χ0) is 14.8. The van der Waals surface area contributed by atoms with Gasteiger partial charge in [0, 0.05) is 32.4 Å². The van der Waals surface area contributed by atoms with E-state index in [1.165, 1.54) is 11.3 Å². The highest BCUT2D eigenvalue weighted by Crippen LogP contribution is 2.21. The zero-order valence-corrected chi connectivity index (χ0v) is 13.3. The first-order chi connectivity index (χ1) is 9.40. The van der Waals surface area contributed by atoms with Gasteiger partial charge in [0.1, 0.15) is 0 Å². The standard InChI is InChI=1S/C15H24N2O2S/c1-12(13-6-8-14(9-7-13)17(2)3)16-11-15-5-4-10-20(15,18)19/h6-9,12,15-16H,4-5,10-11H2,1-3H3. The largest absolute Gasteiger partial charge is 0.378 e. The number of nitrogens with one attached hydrogen (secondary N) is 1. The van der Waals surface area contributed by atoms with Gasteiger partial charge in [-0.05, 0) is 37.5 Å². The van der Waals surface area contributed by atoms with Crippen LogP contribution in [0.15, 0.2) is 24.3 Å². The van der Waals surface area contributed by atoms with Crippen LogP contribution in [-0.2, 0) is 9.84 Å². The Hall–Kier alpha value is -1.07. The Kier molecular flexibility index (Phi) is 4.70. The monoisotopic (exact) mass is 296 g/mol. The molecule has 1 saturated heterocycles. The van der Waals surface area contributed by atoms with Crippen molar-refractivity contribution in [1.29, 1.82) is 0 Å². The smallest absolute Gasteiger partial charge is 0.154 e. The van der Waals surface area contributed by atoms with Crippen LogP contribution >= 0.6 is 0 Å². The molecule has 0 amide bonds. The van der Waals surface area contributed by atoms with Crippen molar-refractivity contribution in [3.05, 3.63) is 29.8 Å². The lowest BCUT2D eigenvalue weighted by Crippen LogP contribution is -2.32. The molecular weight excluding hydrogens is 272 g/mol. The number of hydrogen-bond acceptors (Lipinski definition) is 4. The summed E-state index contributed by atoms with van der Waals surface area (Å²) in [5.74, 6) is 0.352. The molecule has 1 aliphatic heterocycles. The number of sulfone groups is 1. The molecular formula is C15H24N2O2S. The van der Waals surface area contributed by atoms with Crippen LogP contribution in [0.5, 0.6) is 0 Å². The number of nitrogens with zero attached hydrogens (tertiary/aromatic N) is 1. The second kappa shape index (κ2) is 6.14. The molecule has 0 aliphatic carbocycles. The van der Waals surface area contributed by atoms with Crippen molar-refractivity contribution >= 4 is 15.5 Å². The molecule has 2 rings (SSSR count). The van der Waals surface area contributed by atoms with Gasteiger partial charge in [-0.3, -0.25) is 0 Å². The van der Waals surface area contributed by atoms with Crippen molar-refractivity contribution in [3.63, 3.8) is 0 Å². The fraction of sp³-hybridized carbons (Fsp3) is 0.600. The van der Waals surface area contributed by atoms with Crippen molar-refractivity contribution in [2.75, 3.05) is 31.3 Å². The Labute approximate surface area is 122 Å². The third-order valence-electron chi connectivity index (χ3n) is 4.02. The average Bonchev–Trinajstić information content (AvgIpc) is 2.75. The molecule has 1 aromatic carbocycles. The molecule has 112 valence electrons. The topological polar surface area (TPSA) is 49.4 Å². The molecule has 0 spiro atoms. The highest BCUT2D eigenvalue weighted by atomic mass is 32.2. The van der Waals surface area contributed by atoms with Gasteiger partial charge >= 0.3 is 0 Å². The Bertz CT molecular complexity index is 537. The summed E-state index contributed by atoms with van der Waals surface area (Å²) in [7, 11) is 1.18. The summed E-state index contributed by atoms with van der Waals surface area (Å²) in [6, 6.07) is 8.52. The van der Waals surface area contributed by atoms with Gasteiger partial charge in [0.25, 0.3) is 0 Å². The van der Waals surface area contributed by atoms with E-state index >= 15 is 0 Å². The molecule has 1 heterocycles. The highest BCUT2D eigenvalue weighted by Gasteiger charge is 2.31. The Morgan fingerprint density at radius 3 is 2.45 bits per heavy atom. The van der Waals surface area contributed by atoms with E-state index in [1.54, 1.807) is 0 Å². The second-order valence-corrected chi connectivity index (χ2v) is 8.15. The molecule has 1 aromatic rings. The van der Waals surface area contributed by atoms with E-state index < -0.39 is 9.84 Å². The summed E-state index contributed by atoms with van der Waals surface area (Å²) >= 11 is 0. The molecule has 0 radical (unpaired) electrons. The summed E-state index contributed by atoms with van der Waals surface area (Å²) in [6.45, 7) is 2.63. The van der Waals surface area contributed by atoms with Gasteiger partial charge < -0.3 is 10.2 Å². The molecule has 1 fully saturated rings. The zero-order valence-electron chi connectivity index (χ0n) is 12.5. The molecule has 0 saturated carbocycles. The first-order valence-electron chi connectivity index (χ1n) is 7.12. The molecule has 2 unspecified atom stereocenters. The molecule has 0 bridgehead atoms. The maximum Gasteiger partial charge on any atom is 0.154 e. The number of rotatable bonds is 5. The lowest BCUT2D eigenvalue weighted by molar-refractivity contribution is 0.538. The van der Waals surface area contributed by atoms with Crippen LogP contribution in [-0.4, -0.2) is 40.1 Å². The molecule has 2 atom stereocenters. The predicted molar refractivity (Wildman–Crippen MR) is 84.0 cm³/mol. The van der Waals surface area contributed by atoms with E-state index in [2.05, 4.69) is 41.4 Å². The Morgan fingerprint density at radius 1 is 1.30 bits per heavy atom. The summed E-state index contributed by atoms with van der Waals surface area (Å²) in [5.41, 5.74) is 2.35. The normalized spacial score (nSPS) is 22.6. The van der Waals surface area contributed by atoms with Gasteiger partial charge in [0.05, 0.1) is 11.0 Å². The van der Waals surface area contributed by atoms with E-state index in [-0.39, 0.29) is 11.3 Å². The van der Waals surface area contributed by atoms with Gasteiger partial charge in [-0.15, -0.1) is 0 Å². The van der Waals surface area contributed by atoms with Crippen molar-refractivity contribution in [3.8, 4) is 0 Å². The van der Waals surface area contributed by atoms with Gasteiger partial charge in [0.2, 0.25) is 0 Å². The third kappa shape index (κ3) is 3.52. The van der Waals surface area contributed by atoms with Crippen LogP contribution in [0.3, 0.4) is 0 Å². The van der Waals surface area contributed by atoms with Crippen LogP contribution in [0.1, 0.15) is 31.4 Å². The maximum absolute atomic E-state index is 11.8. The first-order valence-corrected chi connectivity index (χ1v) is 8.84. The van der Waals surface area contributed by atoms with E-state index in [0.29, 0.717) is 12.3 Å². The predicted octanol–water partition coefficient (Wildman–Crippen LogP) is 1.98. The van der Waals surface area contributed by atoms with Gasteiger partial charge in [0.15, 0.2) is 9.84 Å². The number of anilines is 1. The van der Waals surface area contributed by atoms with Gasteiger partial charge in [-0.2, -0.15) is 0 Å². The average molecular weight is 296 g/mol. The van der Waals surface area contributed by atoms with Crippen molar-refractivity contribution in [1.82, 2.24) is 5.32 Å². The molecule has 1 aliphatic rings. The quantitative estimate of drug-likeness (QED) is 0.902. The third-order valence-corrected chi connectivity index (χ3v) is 6.30. The fourth-order valence-corrected chi connectivity index (χ4v) is 4.35. The van der Waals surface area contributed by atoms with Gasteiger partial charge in [-0.25, -0.2) is 8.42 Å². The summed E-state index contributed by atoms with van der Waals surface area (Å²) < 4.78 is 23.6. The molecule has 20 heavy (non-hydrogen) atoms. The van der Waals surface area contributed by atoms with Crippen LogP contribution in [0, 0.1) is 0 Å². The van der Waals surface area contributed by atoms with Gasteiger partial charge in [-0.1, -0.05) is 12.1 Å². The second-order valence-electron chi connectivity index (χ2n) is 5.75. The number of benzene rings is 1. The molecule has 5 heteroatoms. The van der Waals surface area contributed by atoms with Crippen LogP contribution in [0.25, 0.3) is 0 Å². The van der Waals surface area contributed by atoms with Crippen LogP contribution in [0.4, 0.5) is 5.69 Å².